The first kappa shape index (κ1) is 21.4. The third-order valence-electron chi connectivity index (χ3n) is 5.34. The Morgan fingerprint density at radius 2 is 2.03 bits per heavy atom. The van der Waals surface area contributed by atoms with E-state index >= 15 is 0 Å². The molecule has 3 rings (SSSR count). The fourth-order valence-corrected chi connectivity index (χ4v) is 4.48. The van der Waals surface area contributed by atoms with Gasteiger partial charge >= 0.3 is 0 Å². The Labute approximate surface area is 170 Å². The molecule has 0 saturated carbocycles. The van der Waals surface area contributed by atoms with Crippen LogP contribution in [0.1, 0.15) is 39.6 Å². The Bertz CT molecular complexity index is 1020. The number of sulfonamides is 1. The number of Topliss-reactive ketones (excluding diaryl/α,β-unsaturated/α-hetero) is 1. The third-order valence-corrected chi connectivity index (χ3v) is 6.40. The minimum atomic E-state index is -3.85. The lowest BCUT2D eigenvalue weighted by Gasteiger charge is -2.24. The van der Waals surface area contributed by atoms with Crippen LogP contribution in [0.2, 0.25) is 0 Å². The standard InChI is InChI=1S/C21H26N2O5S/c1-13-3-4-15(10-20(13)29(22,26)27)19(24)12-23-11-16-6-5-14-9-17(28-2)7-8-18(14)21(16)25/h3-4,7-10,16,19,23-24H,5-6,11-12H2,1-2H3,(H2,22,26,27). The number of rotatable bonds is 7. The molecule has 2 aromatic carbocycles. The van der Waals surface area contributed by atoms with Crippen LogP contribution in [-0.2, 0) is 16.4 Å². The molecule has 4 N–H and O–H groups in total. The highest BCUT2D eigenvalue weighted by atomic mass is 32.2. The van der Waals surface area contributed by atoms with Crippen molar-refractivity contribution in [1.82, 2.24) is 5.32 Å². The van der Waals surface area contributed by atoms with E-state index in [0.29, 0.717) is 17.7 Å². The van der Waals surface area contributed by atoms with Crippen molar-refractivity contribution in [3.8, 4) is 5.75 Å². The summed E-state index contributed by atoms with van der Waals surface area (Å²) in [5.74, 6) is 0.664. The number of ether oxygens (including phenoxy) is 1. The van der Waals surface area contributed by atoms with E-state index in [2.05, 4.69) is 5.32 Å². The summed E-state index contributed by atoms with van der Waals surface area (Å²) in [6.07, 6.45) is 0.608. The van der Waals surface area contributed by atoms with Crippen LogP contribution >= 0.6 is 0 Å². The number of fused-ring (bicyclic) bond motifs is 1. The lowest BCUT2D eigenvalue weighted by Crippen LogP contribution is -2.34. The molecule has 7 nitrogen and oxygen atoms in total. The van der Waals surface area contributed by atoms with Crippen LogP contribution in [0.3, 0.4) is 0 Å². The number of nitrogens with two attached hydrogens (primary N) is 1. The molecule has 1 aliphatic carbocycles. The number of benzene rings is 2. The summed E-state index contributed by atoms with van der Waals surface area (Å²) >= 11 is 0. The lowest BCUT2D eigenvalue weighted by atomic mass is 9.82. The van der Waals surface area contributed by atoms with Gasteiger partial charge in [0.1, 0.15) is 5.75 Å². The van der Waals surface area contributed by atoms with E-state index in [-0.39, 0.29) is 23.1 Å². The molecule has 29 heavy (non-hydrogen) atoms. The Kier molecular flexibility index (Phi) is 6.38. The molecule has 0 spiro atoms. The number of hydrogen-bond donors (Lipinski definition) is 3. The summed E-state index contributed by atoms with van der Waals surface area (Å²) in [5.41, 5.74) is 2.71. The number of ketones is 1. The summed E-state index contributed by atoms with van der Waals surface area (Å²) in [6, 6.07) is 10.2. The third kappa shape index (κ3) is 4.84. The van der Waals surface area contributed by atoms with Gasteiger partial charge in [-0.25, -0.2) is 13.6 Å². The average Bonchev–Trinajstić information content (AvgIpc) is 2.68. The predicted molar refractivity (Wildman–Crippen MR) is 110 cm³/mol. The summed E-state index contributed by atoms with van der Waals surface area (Å²) in [7, 11) is -2.25. The van der Waals surface area contributed by atoms with Crippen LogP contribution in [0.4, 0.5) is 0 Å². The van der Waals surface area contributed by atoms with Crippen molar-refractivity contribution >= 4 is 15.8 Å². The Morgan fingerprint density at radius 1 is 1.28 bits per heavy atom. The van der Waals surface area contributed by atoms with E-state index in [1.165, 1.54) is 6.07 Å². The Hall–Kier alpha value is -2.26. The molecule has 0 saturated heterocycles. The molecular formula is C21H26N2O5S. The van der Waals surface area contributed by atoms with Crippen LogP contribution < -0.4 is 15.2 Å². The van der Waals surface area contributed by atoms with E-state index in [1.807, 2.05) is 6.07 Å². The van der Waals surface area contributed by atoms with Gasteiger partial charge in [0.05, 0.1) is 18.1 Å². The van der Waals surface area contributed by atoms with Crippen LogP contribution in [0.5, 0.6) is 5.75 Å². The van der Waals surface area contributed by atoms with Gasteiger partial charge in [0, 0.05) is 24.6 Å². The van der Waals surface area contributed by atoms with Crippen molar-refractivity contribution in [3.63, 3.8) is 0 Å². The number of aliphatic hydroxyl groups is 1. The molecule has 2 atom stereocenters. The zero-order chi connectivity index (χ0) is 21.2. The zero-order valence-corrected chi connectivity index (χ0v) is 17.3. The zero-order valence-electron chi connectivity index (χ0n) is 16.5. The van der Waals surface area contributed by atoms with Crippen LogP contribution in [0.25, 0.3) is 0 Å². The van der Waals surface area contributed by atoms with Gasteiger partial charge in [-0.15, -0.1) is 0 Å². The molecule has 1 aliphatic rings. The average molecular weight is 419 g/mol. The van der Waals surface area contributed by atoms with Gasteiger partial charge in [-0.2, -0.15) is 0 Å². The number of nitrogens with one attached hydrogen (secondary N) is 1. The second-order valence-electron chi connectivity index (χ2n) is 7.37. The molecule has 8 heteroatoms. The smallest absolute Gasteiger partial charge is 0.238 e. The van der Waals surface area contributed by atoms with Crippen molar-refractivity contribution in [2.24, 2.45) is 11.1 Å². The van der Waals surface area contributed by atoms with E-state index in [0.717, 1.165) is 29.7 Å². The molecule has 2 aromatic rings. The maximum Gasteiger partial charge on any atom is 0.238 e. The highest BCUT2D eigenvalue weighted by molar-refractivity contribution is 7.89. The monoisotopic (exact) mass is 418 g/mol. The normalized spacial score (nSPS) is 17.7. The van der Waals surface area contributed by atoms with Crippen molar-refractivity contribution in [2.75, 3.05) is 20.2 Å². The van der Waals surface area contributed by atoms with E-state index < -0.39 is 16.1 Å². The number of aliphatic hydroxyl groups excluding tert-OH is 1. The minimum Gasteiger partial charge on any atom is -0.497 e. The Morgan fingerprint density at radius 3 is 2.72 bits per heavy atom. The van der Waals surface area contributed by atoms with Crippen LogP contribution in [0.15, 0.2) is 41.3 Å². The fraction of sp³-hybridized carbons (Fsp3) is 0.381. The van der Waals surface area contributed by atoms with Gasteiger partial charge in [0.25, 0.3) is 0 Å². The van der Waals surface area contributed by atoms with Gasteiger partial charge in [0.2, 0.25) is 10.0 Å². The summed E-state index contributed by atoms with van der Waals surface area (Å²) < 4.78 is 28.5. The molecule has 0 fully saturated rings. The number of carbonyl (C=O) groups excluding carboxylic acids is 1. The largest absolute Gasteiger partial charge is 0.497 e. The van der Waals surface area contributed by atoms with Crippen molar-refractivity contribution in [2.45, 2.75) is 30.8 Å². The first-order chi connectivity index (χ1) is 13.7. The first-order valence-corrected chi connectivity index (χ1v) is 11.0. The quantitative estimate of drug-likeness (QED) is 0.630. The first-order valence-electron chi connectivity index (χ1n) is 9.44. The highest BCUT2D eigenvalue weighted by Crippen LogP contribution is 2.28. The van der Waals surface area contributed by atoms with Crippen molar-refractivity contribution in [1.29, 1.82) is 0 Å². The molecule has 0 radical (unpaired) electrons. The SMILES string of the molecule is COc1ccc2c(c1)CCC(CNCC(O)c1ccc(C)c(S(N)(=O)=O)c1)C2=O. The summed E-state index contributed by atoms with van der Waals surface area (Å²) in [6.45, 7) is 2.29. The molecular weight excluding hydrogens is 392 g/mol. The lowest BCUT2D eigenvalue weighted by molar-refractivity contribution is 0.0894. The predicted octanol–water partition coefficient (Wildman–Crippen LogP) is 1.72. The van der Waals surface area contributed by atoms with Crippen molar-refractivity contribution < 1.29 is 23.1 Å². The van der Waals surface area contributed by atoms with Gasteiger partial charge in [-0.3, -0.25) is 4.79 Å². The second-order valence-corrected chi connectivity index (χ2v) is 8.90. The molecule has 0 aliphatic heterocycles. The fourth-order valence-electron chi connectivity index (χ4n) is 3.66. The molecule has 0 amide bonds. The molecule has 0 bridgehead atoms. The van der Waals surface area contributed by atoms with E-state index in [4.69, 9.17) is 9.88 Å². The summed E-state index contributed by atoms with van der Waals surface area (Å²) in [4.78, 5) is 12.7. The topological polar surface area (TPSA) is 119 Å². The van der Waals surface area contributed by atoms with Gasteiger partial charge in [0.15, 0.2) is 5.78 Å². The van der Waals surface area contributed by atoms with Crippen LogP contribution in [0, 0.1) is 12.8 Å². The van der Waals surface area contributed by atoms with Crippen molar-refractivity contribution in [3.05, 3.63) is 58.7 Å². The number of methoxy groups -OCH3 is 1. The van der Waals surface area contributed by atoms with Crippen LogP contribution in [-0.4, -0.2) is 39.5 Å². The number of carbonyl (C=O) groups is 1. The van der Waals surface area contributed by atoms with Gasteiger partial charge < -0.3 is 15.2 Å². The summed E-state index contributed by atoms with van der Waals surface area (Å²) in [5, 5.41) is 18.8. The number of primary sulfonamides is 1. The Balaban J connectivity index is 1.61. The van der Waals surface area contributed by atoms with Gasteiger partial charge in [-0.1, -0.05) is 12.1 Å². The maximum atomic E-state index is 12.7. The number of hydrogen-bond acceptors (Lipinski definition) is 6. The second kappa shape index (κ2) is 8.62. The highest BCUT2D eigenvalue weighted by Gasteiger charge is 2.27. The molecule has 156 valence electrons. The van der Waals surface area contributed by atoms with E-state index in [9.17, 15) is 18.3 Å². The van der Waals surface area contributed by atoms with Gasteiger partial charge in [-0.05, 0) is 60.7 Å². The molecule has 0 heterocycles. The van der Waals surface area contributed by atoms with E-state index in [1.54, 1.807) is 38.3 Å². The number of aryl methyl sites for hydroxylation is 2. The maximum absolute atomic E-state index is 12.7. The molecule has 2 unspecified atom stereocenters. The minimum absolute atomic E-state index is 0.00328. The molecule has 0 aromatic heterocycles.